The van der Waals surface area contributed by atoms with E-state index in [0.717, 1.165) is 108 Å². The van der Waals surface area contributed by atoms with Gasteiger partial charge in [0.15, 0.2) is 0 Å². The monoisotopic (exact) mass is 1070 g/mol. The Bertz CT molecular complexity index is 2360. The van der Waals surface area contributed by atoms with Crippen LogP contribution in [0.3, 0.4) is 0 Å². The Morgan fingerprint density at radius 1 is 0.515 bits per heavy atom. The molecule has 8 rings (SSSR count). The molecule has 2 atom stereocenters. The Hall–Kier alpha value is -2.80. The standard InChI is InChI=1S/2C23H19F6.C3H7.CH3.2ClH.H2Si.Zr/c2*24-22(25,26)18-11-17(12-19(13-18)23(27,28)29)20-7-3-6-16-9-15(10-21(16)20)8-14-4-1-2-5-14;1-3-2;;;;;/h2*3,6-7,9-14H,1-2,4-5,8H2;1,3H2,2H3;1H3;2*1H;1H2;. The molecule has 0 nitrogen and oxygen atoms in total. The zero-order chi connectivity index (χ0) is 46.2. The van der Waals surface area contributed by atoms with Crippen LogP contribution in [0.2, 0.25) is 8.76 Å². The van der Waals surface area contributed by atoms with E-state index >= 15 is 0 Å². The predicted octanol–water partition coefficient (Wildman–Crippen LogP) is 17.8. The minimum atomic E-state index is -5.04. The number of fused-ring (bicyclic) bond motifs is 2. The van der Waals surface area contributed by atoms with E-state index in [-0.39, 0.29) is 66.5 Å². The van der Waals surface area contributed by atoms with Gasteiger partial charge in [-0.2, -0.15) is 0 Å². The van der Waals surface area contributed by atoms with Crippen molar-refractivity contribution in [3.05, 3.63) is 128 Å². The van der Waals surface area contributed by atoms with Gasteiger partial charge in [0.25, 0.3) is 0 Å². The van der Waals surface area contributed by atoms with Gasteiger partial charge in [-0.15, -0.1) is 24.8 Å². The zero-order valence-corrected chi connectivity index (χ0v) is 41.9. The van der Waals surface area contributed by atoms with E-state index in [0.29, 0.717) is 35.8 Å². The van der Waals surface area contributed by atoms with Crippen LogP contribution >= 0.6 is 24.8 Å². The van der Waals surface area contributed by atoms with Gasteiger partial charge in [0.05, 0.1) is 0 Å². The SMILES string of the molecule is CC[CH2][Zr]([CH3])(=[SiH2])([CH]1C(CC2CCCC2)=Cc2c(-c3cc(C(F)(F)F)cc(C(F)(F)F)c3)cccc21)[CH]1C(CC2CCCC2)=Cc2c(-c3cc(C(F)(F)F)cc(C(F)(F)F)c3)cccc21.Cl.Cl. The van der Waals surface area contributed by atoms with Crippen LogP contribution in [0.15, 0.2) is 83.9 Å². The number of alkyl halides is 12. The molecule has 2 unspecified atom stereocenters. The Labute approximate surface area is 392 Å². The van der Waals surface area contributed by atoms with E-state index in [4.69, 9.17) is 0 Å². The molecule has 2 saturated carbocycles. The number of allylic oxidation sites excluding steroid dienone is 2. The number of halogens is 14. The maximum Gasteiger partial charge on any atom is -0.147 e. The molecule has 0 amide bonds. The van der Waals surface area contributed by atoms with Crippen molar-refractivity contribution in [1.82, 2.24) is 0 Å². The van der Waals surface area contributed by atoms with Crippen molar-refractivity contribution >= 4 is 43.8 Å². The molecule has 0 aliphatic heterocycles. The summed E-state index contributed by atoms with van der Waals surface area (Å²) in [4.78, 5) is 0. The first kappa shape index (κ1) is 52.6. The van der Waals surface area contributed by atoms with Crippen molar-refractivity contribution in [2.75, 3.05) is 0 Å². The molecule has 0 spiro atoms. The van der Waals surface area contributed by atoms with Crippen molar-refractivity contribution in [2.45, 2.75) is 118 Å². The minimum absolute atomic E-state index is 0. The molecule has 0 N–H and O–H groups in total. The van der Waals surface area contributed by atoms with Gasteiger partial charge in [-0.3, -0.25) is 0 Å². The van der Waals surface area contributed by atoms with E-state index in [2.05, 4.69) is 18.4 Å². The maximum absolute atomic E-state index is 14.3. The Morgan fingerprint density at radius 3 is 1.12 bits per heavy atom. The average molecular weight is 1070 g/mol. The maximum atomic E-state index is 14.3. The molecule has 16 heteroatoms. The summed E-state index contributed by atoms with van der Waals surface area (Å²) in [6.07, 6.45) is -5.73. The fraction of sp³-hybridized carbons (Fsp3) is 0.440. The van der Waals surface area contributed by atoms with Crippen LogP contribution in [-0.4, -0.2) is 6.88 Å². The molecule has 0 aromatic heterocycles. The van der Waals surface area contributed by atoms with Crippen LogP contribution in [0.4, 0.5) is 52.7 Å². The molecule has 0 heterocycles. The molecule has 4 aromatic carbocycles. The molecule has 0 bridgehead atoms. The van der Waals surface area contributed by atoms with Gasteiger partial charge < -0.3 is 0 Å². The van der Waals surface area contributed by atoms with Crippen molar-refractivity contribution < 1.29 is 70.1 Å². The minimum Gasteiger partial charge on any atom is -0.147 e. The van der Waals surface area contributed by atoms with Gasteiger partial charge in [-0.1, -0.05) is 0 Å². The van der Waals surface area contributed by atoms with E-state index < -0.39 is 64.4 Å². The summed E-state index contributed by atoms with van der Waals surface area (Å²) >= 11 is -4.78. The summed E-state index contributed by atoms with van der Waals surface area (Å²) in [6.45, 7) is 4.16. The second-order valence-corrected chi connectivity index (χ2v) is 47.9. The summed E-state index contributed by atoms with van der Waals surface area (Å²) in [5, 5.41) is 0. The molecule has 4 aliphatic carbocycles. The normalized spacial score (nSPS) is 19.6. The largest absolute Gasteiger partial charge is 0.147 e. The molecule has 0 saturated heterocycles. The molecular formula is C50H52Cl2F12SiZr. The fourth-order valence-electron chi connectivity index (χ4n) is 12.3. The third kappa shape index (κ3) is 10.1. The van der Waals surface area contributed by atoms with Crippen molar-refractivity contribution in [2.24, 2.45) is 11.8 Å². The predicted molar refractivity (Wildman–Crippen MR) is 242 cm³/mol. The van der Waals surface area contributed by atoms with Crippen molar-refractivity contribution in [3.8, 4) is 22.3 Å². The number of rotatable bonds is 10. The smallest absolute Gasteiger partial charge is 0.147 e. The average Bonchev–Trinajstić information content (AvgIpc) is 4.03. The van der Waals surface area contributed by atoms with Gasteiger partial charge >= 0.3 is 370 Å². The Kier molecular flexibility index (Phi) is 15.0. The summed E-state index contributed by atoms with van der Waals surface area (Å²) in [5.74, 6) is 0.668. The second kappa shape index (κ2) is 18.8. The van der Waals surface area contributed by atoms with E-state index in [1.165, 1.54) is 0 Å². The number of benzene rings is 4. The Balaban J connectivity index is 0.00000360. The van der Waals surface area contributed by atoms with Crippen molar-refractivity contribution in [3.63, 3.8) is 0 Å². The summed E-state index contributed by atoms with van der Waals surface area (Å²) in [6, 6.07) is 14.0. The molecular weight excluding hydrogens is 1020 g/mol. The van der Waals surface area contributed by atoms with E-state index in [9.17, 15) is 52.7 Å². The first-order valence-corrected chi connectivity index (χ1v) is 35.1. The van der Waals surface area contributed by atoms with Gasteiger partial charge in [0, 0.05) is 0 Å². The summed E-state index contributed by atoms with van der Waals surface area (Å²) in [5.41, 5.74) is -0.230. The van der Waals surface area contributed by atoms with Crippen LogP contribution < -0.4 is 0 Å². The van der Waals surface area contributed by atoms with Gasteiger partial charge in [-0.05, 0) is 0 Å². The van der Waals surface area contributed by atoms with Crippen molar-refractivity contribution in [1.29, 1.82) is 0 Å². The van der Waals surface area contributed by atoms with Crippen LogP contribution in [0.25, 0.3) is 34.4 Å². The number of hydrogen-bond donors (Lipinski definition) is 0. The summed E-state index contributed by atoms with van der Waals surface area (Å²) < 4.78 is 174. The van der Waals surface area contributed by atoms with Crippen LogP contribution in [0.1, 0.15) is 129 Å². The fourth-order valence-corrected chi connectivity index (χ4v) is 38.1. The number of hydrogen-bond acceptors (Lipinski definition) is 0. The third-order valence-corrected chi connectivity index (χ3v) is 38.3. The van der Waals surface area contributed by atoms with Crippen LogP contribution in [0, 0.1) is 11.8 Å². The molecule has 4 aliphatic rings. The van der Waals surface area contributed by atoms with Gasteiger partial charge in [0.1, 0.15) is 0 Å². The quantitative estimate of drug-likeness (QED) is 0.110. The van der Waals surface area contributed by atoms with Crippen LogP contribution in [0.5, 0.6) is 0 Å². The molecule has 2 fully saturated rings. The first-order valence-electron chi connectivity index (χ1n) is 22.2. The van der Waals surface area contributed by atoms with Crippen LogP contribution in [-0.2, 0) is 42.1 Å². The second-order valence-electron chi connectivity index (χ2n) is 19.5. The Morgan fingerprint density at radius 2 is 0.833 bits per heavy atom. The summed E-state index contributed by atoms with van der Waals surface area (Å²) in [7, 11) is 0. The van der Waals surface area contributed by atoms with Gasteiger partial charge in [-0.25, -0.2) is 0 Å². The third-order valence-electron chi connectivity index (χ3n) is 14.8. The topological polar surface area (TPSA) is 0 Å². The van der Waals surface area contributed by atoms with E-state index in [1.54, 1.807) is 24.3 Å². The van der Waals surface area contributed by atoms with E-state index in [1.807, 2.05) is 24.3 Å². The molecule has 4 aromatic rings. The molecule has 66 heavy (non-hydrogen) atoms. The molecule has 0 radical (unpaired) electrons. The first-order chi connectivity index (χ1) is 29.9. The zero-order valence-electron chi connectivity index (χ0n) is 36.4. The van der Waals surface area contributed by atoms with Gasteiger partial charge in [0.2, 0.25) is 0 Å². The molecule has 358 valence electrons.